The molecule has 2 N–H and O–H groups in total. The van der Waals surface area contributed by atoms with Crippen molar-refractivity contribution in [2.75, 3.05) is 0 Å². The van der Waals surface area contributed by atoms with Gasteiger partial charge in [0.2, 0.25) is 11.8 Å². The van der Waals surface area contributed by atoms with Crippen molar-refractivity contribution in [1.82, 2.24) is 15.6 Å². The molecule has 0 bridgehead atoms. The molecule has 1 aromatic heterocycles. The summed E-state index contributed by atoms with van der Waals surface area (Å²) in [6, 6.07) is 0.183. The van der Waals surface area contributed by atoms with Gasteiger partial charge in [0.15, 0.2) is 0 Å². The first-order valence-electron chi connectivity index (χ1n) is 8.55. The summed E-state index contributed by atoms with van der Waals surface area (Å²) in [5.74, 6) is -0.108. The van der Waals surface area contributed by atoms with E-state index >= 15 is 0 Å². The van der Waals surface area contributed by atoms with Crippen LogP contribution in [-0.2, 0) is 9.59 Å². The van der Waals surface area contributed by atoms with Gasteiger partial charge in [0.05, 0.1) is 16.7 Å². The lowest BCUT2D eigenvalue weighted by Gasteiger charge is -2.16. The van der Waals surface area contributed by atoms with Gasteiger partial charge in [-0.3, -0.25) is 9.59 Å². The van der Waals surface area contributed by atoms with E-state index in [1.807, 2.05) is 19.2 Å². The molecule has 1 heterocycles. The highest BCUT2D eigenvalue weighted by molar-refractivity contribution is 7.09. The maximum absolute atomic E-state index is 12.0. The highest BCUT2D eigenvalue weighted by Gasteiger charge is 2.16. The Morgan fingerprint density at radius 1 is 1.22 bits per heavy atom. The second kappa shape index (κ2) is 9.01. The van der Waals surface area contributed by atoms with Crippen molar-refractivity contribution in [3.8, 4) is 0 Å². The number of aromatic nitrogens is 1. The van der Waals surface area contributed by atoms with E-state index in [1.54, 1.807) is 11.3 Å². The van der Waals surface area contributed by atoms with Crippen LogP contribution in [0.2, 0.25) is 0 Å². The molecule has 0 aromatic carbocycles. The van der Waals surface area contributed by atoms with E-state index in [9.17, 15) is 9.59 Å². The third kappa shape index (κ3) is 6.29. The van der Waals surface area contributed by atoms with Gasteiger partial charge in [-0.1, -0.05) is 25.7 Å². The number of amides is 2. The van der Waals surface area contributed by atoms with Gasteiger partial charge in [-0.2, -0.15) is 0 Å². The Hall–Kier alpha value is -1.43. The quantitative estimate of drug-likeness (QED) is 0.783. The number of nitrogens with zero attached hydrogens (tertiary/aromatic N) is 1. The molecule has 6 heteroatoms. The largest absolute Gasteiger partial charge is 0.353 e. The molecule has 1 saturated carbocycles. The average Bonchev–Trinajstić information content (AvgIpc) is 2.79. The molecule has 2 amide bonds. The Labute approximate surface area is 142 Å². The number of carbonyl (C=O) groups is 2. The number of hydrogen-bond donors (Lipinski definition) is 2. The normalized spacial score (nSPS) is 17.3. The Balaban J connectivity index is 1.67. The number of carbonyl (C=O) groups excluding carboxylic acids is 2. The van der Waals surface area contributed by atoms with E-state index in [0.717, 1.165) is 23.5 Å². The maximum atomic E-state index is 12.0. The summed E-state index contributed by atoms with van der Waals surface area (Å²) < 4.78 is 0. The summed E-state index contributed by atoms with van der Waals surface area (Å²) in [4.78, 5) is 28.3. The highest BCUT2D eigenvalue weighted by atomic mass is 32.1. The highest BCUT2D eigenvalue weighted by Crippen LogP contribution is 2.18. The van der Waals surface area contributed by atoms with Crippen LogP contribution in [0.15, 0.2) is 5.38 Å². The number of aryl methyl sites for hydroxylation is 1. The molecular weight excluding hydrogens is 310 g/mol. The number of hydrogen-bond acceptors (Lipinski definition) is 4. The van der Waals surface area contributed by atoms with Gasteiger partial charge in [-0.25, -0.2) is 4.98 Å². The van der Waals surface area contributed by atoms with Crippen LogP contribution in [0.3, 0.4) is 0 Å². The molecule has 1 aliphatic rings. The van der Waals surface area contributed by atoms with Gasteiger partial charge in [-0.15, -0.1) is 11.3 Å². The minimum atomic E-state index is -0.114. The van der Waals surface area contributed by atoms with E-state index in [1.165, 1.54) is 25.7 Å². The zero-order valence-electron chi connectivity index (χ0n) is 14.1. The molecule has 0 aliphatic heterocycles. The van der Waals surface area contributed by atoms with E-state index in [-0.39, 0.29) is 30.7 Å². The van der Waals surface area contributed by atoms with Crippen molar-refractivity contribution in [3.63, 3.8) is 0 Å². The standard InChI is InChI=1S/C17H27N3O2S/c1-12(15-11-23-13(2)19-15)18-16(21)9-10-17(22)20-14-7-5-3-4-6-8-14/h11-12,14H,3-10H2,1-2H3,(H,18,21)(H,20,22)/t12-/m0/s1. The van der Waals surface area contributed by atoms with Crippen molar-refractivity contribution >= 4 is 23.2 Å². The molecular formula is C17H27N3O2S. The fourth-order valence-corrected chi connectivity index (χ4v) is 3.62. The molecule has 2 rings (SSSR count). The zero-order valence-corrected chi connectivity index (χ0v) is 14.9. The van der Waals surface area contributed by atoms with Gasteiger partial charge in [0.1, 0.15) is 0 Å². The minimum Gasteiger partial charge on any atom is -0.353 e. The summed E-state index contributed by atoms with van der Waals surface area (Å²) in [5, 5.41) is 8.92. The first-order chi connectivity index (χ1) is 11.0. The summed E-state index contributed by atoms with van der Waals surface area (Å²) in [5.41, 5.74) is 0.878. The van der Waals surface area contributed by atoms with Gasteiger partial charge < -0.3 is 10.6 Å². The van der Waals surface area contributed by atoms with Crippen molar-refractivity contribution < 1.29 is 9.59 Å². The first kappa shape index (κ1) is 17.9. The monoisotopic (exact) mass is 337 g/mol. The third-order valence-electron chi connectivity index (χ3n) is 4.26. The second-order valence-electron chi connectivity index (χ2n) is 6.34. The Kier molecular flexibility index (Phi) is 7.02. The topological polar surface area (TPSA) is 71.1 Å². The number of nitrogens with one attached hydrogen (secondary N) is 2. The zero-order chi connectivity index (χ0) is 16.7. The van der Waals surface area contributed by atoms with Gasteiger partial charge >= 0.3 is 0 Å². The average molecular weight is 337 g/mol. The first-order valence-corrected chi connectivity index (χ1v) is 9.43. The molecule has 1 aromatic rings. The molecule has 0 spiro atoms. The summed E-state index contributed by atoms with van der Waals surface area (Å²) in [6.45, 7) is 3.86. The van der Waals surface area contributed by atoms with Crippen molar-refractivity contribution in [1.29, 1.82) is 0 Å². The fourth-order valence-electron chi connectivity index (χ4n) is 2.92. The SMILES string of the molecule is Cc1nc([C@H](C)NC(=O)CCC(=O)NC2CCCCCC2)cs1. The smallest absolute Gasteiger partial charge is 0.221 e. The molecule has 0 saturated heterocycles. The lowest BCUT2D eigenvalue weighted by Crippen LogP contribution is -2.35. The second-order valence-corrected chi connectivity index (χ2v) is 7.40. The molecule has 0 radical (unpaired) electrons. The summed E-state index contributed by atoms with van der Waals surface area (Å²) in [6.07, 6.45) is 7.53. The molecule has 0 unspecified atom stereocenters. The van der Waals surface area contributed by atoms with Crippen LogP contribution in [-0.4, -0.2) is 22.8 Å². The van der Waals surface area contributed by atoms with E-state index in [2.05, 4.69) is 15.6 Å². The van der Waals surface area contributed by atoms with Gasteiger partial charge in [0, 0.05) is 24.3 Å². The van der Waals surface area contributed by atoms with Crippen LogP contribution in [0.4, 0.5) is 0 Å². The molecule has 5 nitrogen and oxygen atoms in total. The van der Waals surface area contributed by atoms with Crippen molar-refractivity contribution in [2.24, 2.45) is 0 Å². The van der Waals surface area contributed by atoms with Gasteiger partial charge in [0.25, 0.3) is 0 Å². The fraction of sp³-hybridized carbons (Fsp3) is 0.706. The molecule has 1 aliphatic carbocycles. The Bertz CT molecular complexity index is 522. The minimum absolute atomic E-state index is 0.00999. The Morgan fingerprint density at radius 3 is 2.48 bits per heavy atom. The van der Waals surface area contributed by atoms with Gasteiger partial charge in [-0.05, 0) is 26.7 Å². The third-order valence-corrected chi connectivity index (χ3v) is 5.05. The van der Waals surface area contributed by atoms with Crippen LogP contribution in [0.25, 0.3) is 0 Å². The van der Waals surface area contributed by atoms with Crippen LogP contribution in [0.1, 0.15) is 75.0 Å². The Morgan fingerprint density at radius 2 is 1.87 bits per heavy atom. The van der Waals surface area contributed by atoms with Crippen molar-refractivity contribution in [2.45, 2.75) is 77.3 Å². The van der Waals surface area contributed by atoms with E-state index in [0.29, 0.717) is 6.04 Å². The van der Waals surface area contributed by atoms with E-state index in [4.69, 9.17) is 0 Å². The summed E-state index contributed by atoms with van der Waals surface area (Å²) >= 11 is 1.57. The van der Waals surface area contributed by atoms with Crippen LogP contribution < -0.4 is 10.6 Å². The molecule has 23 heavy (non-hydrogen) atoms. The molecule has 128 valence electrons. The predicted molar refractivity (Wildman–Crippen MR) is 92.3 cm³/mol. The number of rotatable bonds is 6. The van der Waals surface area contributed by atoms with Crippen LogP contribution >= 0.6 is 11.3 Å². The molecule has 1 fully saturated rings. The van der Waals surface area contributed by atoms with Crippen LogP contribution in [0.5, 0.6) is 0 Å². The molecule has 1 atom stereocenters. The number of thiazole rings is 1. The maximum Gasteiger partial charge on any atom is 0.221 e. The van der Waals surface area contributed by atoms with Crippen molar-refractivity contribution in [3.05, 3.63) is 16.1 Å². The lowest BCUT2D eigenvalue weighted by atomic mass is 10.1. The summed E-state index contributed by atoms with van der Waals surface area (Å²) in [7, 11) is 0. The predicted octanol–water partition coefficient (Wildman–Crippen LogP) is 3.25. The van der Waals surface area contributed by atoms with Crippen LogP contribution in [0, 0.1) is 6.92 Å². The lowest BCUT2D eigenvalue weighted by molar-refractivity contribution is -0.127. The van der Waals surface area contributed by atoms with E-state index < -0.39 is 0 Å².